The zero-order valence-corrected chi connectivity index (χ0v) is 7.07. The molecule has 0 aromatic rings. The molecule has 0 amide bonds. The molecule has 1 aliphatic rings. The lowest BCUT2D eigenvalue weighted by molar-refractivity contribution is -0.0881. The van der Waals surface area contributed by atoms with Crippen molar-refractivity contribution in [2.45, 2.75) is 39.2 Å². The molecule has 10 heavy (non-hydrogen) atoms. The highest BCUT2D eigenvalue weighted by Crippen LogP contribution is 2.47. The second-order valence-electron chi connectivity index (χ2n) is 4.39. The fourth-order valence-corrected chi connectivity index (χ4v) is 1.31. The van der Waals surface area contributed by atoms with Crippen LogP contribution < -0.4 is 0 Å². The summed E-state index contributed by atoms with van der Waals surface area (Å²) in [5.41, 5.74) is 0.718. The summed E-state index contributed by atoms with van der Waals surface area (Å²) in [6.45, 7) is 10.0. The van der Waals surface area contributed by atoms with Gasteiger partial charge in [0.1, 0.15) is 0 Å². The fraction of sp³-hybridized carbons (Fsp3) is 0.778. The van der Waals surface area contributed by atoms with Gasteiger partial charge in [0, 0.05) is 0 Å². The summed E-state index contributed by atoms with van der Waals surface area (Å²) in [7, 11) is 0. The van der Waals surface area contributed by atoms with Crippen molar-refractivity contribution in [2.75, 3.05) is 0 Å². The van der Waals surface area contributed by atoms with Gasteiger partial charge in [0.05, 0.1) is 5.60 Å². The average Bonchev–Trinajstić information content (AvgIpc) is 1.58. The van der Waals surface area contributed by atoms with Crippen LogP contribution in [0.1, 0.15) is 33.6 Å². The number of hydrogen-bond donors (Lipinski definition) is 1. The first-order chi connectivity index (χ1) is 4.35. The summed E-state index contributed by atoms with van der Waals surface area (Å²) < 4.78 is 0. The van der Waals surface area contributed by atoms with E-state index in [0.29, 0.717) is 0 Å². The van der Waals surface area contributed by atoms with E-state index in [0.717, 1.165) is 12.8 Å². The van der Waals surface area contributed by atoms with E-state index >= 15 is 0 Å². The Kier molecular flexibility index (Phi) is 1.44. The van der Waals surface area contributed by atoms with Crippen LogP contribution in [0.25, 0.3) is 0 Å². The van der Waals surface area contributed by atoms with Gasteiger partial charge < -0.3 is 5.11 Å². The third kappa shape index (κ3) is 0.988. The lowest BCUT2D eigenvalue weighted by atomic mass is 9.62. The SMILES string of the molecule is C=C1CC(O)(C(C)(C)C)C1. The Morgan fingerprint density at radius 3 is 1.90 bits per heavy atom. The summed E-state index contributed by atoms with van der Waals surface area (Å²) in [4.78, 5) is 0. The topological polar surface area (TPSA) is 20.2 Å². The molecule has 0 aromatic heterocycles. The highest BCUT2D eigenvalue weighted by Gasteiger charge is 2.46. The van der Waals surface area contributed by atoms with Gasteiger partial charge >= 0.3 is 0 Å². The van der Waals surface area contributed by atoms with E-state index in [2.05, 4.69) is 27.4 Å². The number of aliphatic hydroxyl groups is 1. The van der Waals surface area contributed by atoms with Crippen molar-refractivity contribution >= 4 is 0 Å². The van der Waals surface area contributed by atoms with Gasteiger partial charge in [0.15, 0.2) is 0 Å². The first kappa shape index (κ1) is 7.80. The molecule has 1 heteroatoms. The molecule has 1 nitrogen and oxygen atoms in total. The largest absolute Gasteiger partial charge is 0.389 e. The molecule has 1 rings (SSSR count). The third-order valence-corrected chi connectivity index (χ3v) is 2.48. The standard InChI is InChI=1S/C9H16O/c1-7-5-9(10,6-7)8(2,3)4/h10H,1,5-6H2,2-4H3. The van der Waals surface area contributed by atoms with Gasteiger partial charge in [-0.2, -0.15) is 0 Å². The van der Waals surface area contributed by atoms with E-state index in [1.54, 1.807) is 0 Å². The molecular weight excluding hydrogens is 124 g/mol. The molecular formula is C9H16O. The summed E-state index contributed by atoms with van der Waals surface area (Å²) in [5, 5.41) is 9.86. The van der Waals surface area contributed by atoms with Crippen molar-refractivity contribution in [3.8, 4) is 0 Å². The van der Waals surface area contributed by atoms with E-state index in [-0.39, 0.29) is 5.41 Å². The second kappa shape index (κ2) is 1.85. The highest BCUT2D eigenvalue weighted by atomic mass is 16.3. The molecule has 0 bridgehead atoms. The molecule has 0 unspecified atom stereocenters. The van der Waals surface area contributed by atoms with Crippen molar-refractivity contribution in [1.82, 2.24) is 0 Å². The predicted molar refractivity (Wildman–Crippen MR) is 42.8 cm³/mol. The van der Waals surface area contributed by atoms with E-state index in [4.69, 9.17) is 0 Å². The fourth-order valence-electron chi connectivity index (χ4n) is 1.31. The molecule has 0 aromatic carbocycles. The van der Waals surface area contributed by atoms with Crippen LogP contribution in [0.15, 0.2) is 12.2 Å². The van der Waals surface area contributed by atoms with Crippen LogP contribution in [0.3, 0.4) is 0 Å². The van der Waals surface area contributed by atoms with Crippen molar-refractivity contribution in [1.29, 1.82) is 0 Å². The Balaban J connectivity index is 2.65. The normalized spacial score (nSPS) is 24.2. The minimum atomic E-state index is -0.468. The molecule has 0 aliphatic heterocycles. The van der Waals surface area contributed by atoms with Crippen LogP contribution in [0.5, 0.6) is 0 Å². The Bertz CT molecular complexity index is 154. The van der Waals surface area contributed by atoms with Gasteiger partial charge in [-0.1, -0.05) is 32.9 Å². The van der Waals surface area contributed by atoms with Crippen LogP contribution in [0.2, 0.25) is 0 Å². The third-order valence-electron chi connectivity index (χ3n) is 2.48. The lowest BCUT2D eigenvalue weighted by Crippen LogP contribution is -2.49. The molecule has 0 radical (unpaired) electrons. The summed E-state index contributed by atoms with van der Waals surface area (Å²) in [6, 6.07) is 0. The van der Waals surface area contributed by atoms with Gasteiger partial charge in [-0.15, -0.1) is 0 Å². The van der Waals surface area contributed by atoms with Gasteiger partial charge in [-0.05, 0) is 18.3 Å². The zero-order valence-electron chi connectivity index (χ0n) is 7.07. The predicted octanol–water partition coefficient (Wildman–Crippen LogP) is 2.11. The van der Waals surface area contributed by atoms with Crippen molar-refractivity contribution in [3.63, 3.8) is 0 Å². The summed E-state index contributed by atoms with van der Waals surface area (Å²) in [6.07, 6.45) is 1.58. The van der Waals surface area contributed by atoms with Crippen molar-refractivity contribution in [2.24, 2.45) is 5.41 Å². The Hall–Kier alpha value is -0.300. The van der Waals surface area contributed by atoms with Gasteiger partial charge in [0.2, 0.25) is 0 Å². The van der Waals surface area contributed by atoms with Gasteiger partial charge in [-0.3, -0.25) is 0 Å². The molecule has 58 valence electrons. The second-order valence-corrected chi connectivity index (χ2v) is 4.39. The molecule has 0 heterocycles. The van der Waals surface area contributed by atoms with Crippen molar-refractivity contribution in [3.05, 3.63) is 12.2 Å². The molecule has 1 aliphatic carbocycles. The summed E-state index contributed by atoms with van der Waals surface area (Å²) in [5.74, 6) is 0. The number of hydrogen-bond acceptors (Lipinski definition) is 1. The molecule has 0 atom stereocenters. The lowest BCUT2D eigenvalue weighted by Gasteiger charge is -2.48. The first-order valence-corrected chi connectivity index (χ1v) is 3.74. The van der Waals surface area contributed by atoms with Crippen LogP contribution in [-0.2, 0) is 0 Å². The molecule has 1 saturated carbocycles. The first-order valence-electron chi connectivity index (χ1n) is 3.74. The Morgan fingerprint density at radius 1 is 1.40 bits per heavy atom. The minimum Gasteiger partial charge on any atom is -0.389 e. The quantitative estimate of drug-likeness (QED) is 0.511. The molecule has 0 spiro atoms. The van der Waals surface area contributed by atoms with Crippen LogP contribution in [0.4, 0.5) is 0 Å². The van der Waals surface area contributed by atoms with Crippen LogP contribution >= 0.6 is 0 Å². The Labute approximate surface area is 62.8 Å². The van der Waals surface area contributed by atoms with Crippen LogP contribution in [-0.4, -0.2) is 10.7 Å². The van der Waals surface area contributed by atoms with Gasteiger partial charge in [-0.25, -0.2) is 0 Å². The molecule has 1 fully saturated rings. The minimum absolute atomic E-state index is 0.00813. The maximum atomic E-state index is 9.86. The molecule has 1 N–H and O–H groups in total. The smallest absolute Gasteiger partial charge is 0.0769 e. The van der Waals surface area contributed by atoms with E-state index < -0.39 is 5.60 Å². The van der Waals surface area contributed by atoms with E-state index in [9.17, 15) is 5.11 Å². The average molecular weight is 140 g/mol. The van der Waals surface area contributed by atoms with Gasteiger partial charge in [0.25, 0.3) is 0 Å². The highest BCUT2D eigenvalue weighted by molar-refractivity contribution is 5.19. The maximum Gasteiger partial charge on any atom is 0.0769 e. The number of rotatable bonds is 0. The maximum absolute atomic E-state index is 9.86. The van der Waals surface area contributed by atoms with E-state index in [1.165, 1.54) is 5.57 Å². The monoisotopic (exact) mass is 140 g/mol. The van der Waals surface area contributed by atoms with E-state index in [1.807, 2.05) is 0 Å². The summed E-state index contributed by atoms with van der Waals surface area (Å²) >= 11 is 0. The van der Waals surface area contributed by atoms with Crippen LogP contribution in [0, 0.1) is 5.41 Å². The van der Waals surface area contributed by atoms with Crippen molar-refractivity contribution < 1.29 is 5.11 Å². The zero-order chi connectivity index (χ0) is 7.99. The Morgan fingerprint density at radius 2 is 1.80 bits per heavy atom. The molecule has 0 saturated heterocycles.